The molecule has 0 saturated carbocycles. The lowest BCUT2D eigenvalue weighted by molar-refractivity contribution is 0.0890. The Kier molecular flexibility index (Phi) is 3.54. The van der Waals surface area contributed by atoms with Gasteiger partial charge in [0.05, 0.1) is 6.26 Å². The Labute approximate surface area is 107 Å². The minimum atomic E-state index is -0.906. The predicted octanol–water partition coefficient (Wildman–Crippen LogP) is 3.11. The molecule has 1 aromatic heterocycles. The zero-order chi connectivity index (χ0) is 12.3. The molecule has 0 aliphatic heterocycles. The highest BCUT2D eigenvalue weighted by molar-refractivity contribution is 9.10. The molecule has 2 aromatic rings. The molecule has 1 heterocycles. The molecule has 17 heavy (non-hydrogen) atoms. The van der Waals surface area contributed by atoms with Crippen LogP contribution in [0.2, 0.25) is 0 Å². The molecular weight excluding hydrogens is 284 g/mol. The summed E-state index contributed by atoms with van der Waals surface area (Å²) in [6, 6.07) is 11.8. The van der Waals surface area contributed by atoms with Crippen molar-refractivity contribution in [1.29, 1.82) is 0 Å². The van der Waals surface area contributed by atoms with Crippen LogP contribution in [-0.4, -0.2) is 16.4 Å². The number of benzene rings is 1. The second-order valence-corrected chi connectivity index (χ2v) is 4.35. The van der Waals surface area contributed by atoms with Gasteiger partial charge in [0.2, 0.25) is 5.78 Å². The van der Waals surface area contributed by atoms with E-state index < -0.39 is 4.83 Å². The van der Waals surface area contributed by atoms with Crippen LogP contribution in [-0.2, 0) is 0 Å². The third kappa shape index (κ3) is 2.53. The maximum absolute atomic E-state index is 12.0. The topological polar surface area (TPSA) is 47.3 Å². The Balaban J connectivity index is 2.19. The second-order valence-electron chi connectivity index (χ2n) is 3.43. The fourth-order valence-electron chi connectivity index (χ4n) is 1.41. The smallest absolute Gasteiger partial charge is 0.219 e. The van der Waals surface area contributed by atoms with Crippen molar-refractivity contribution in [2.24, 2.45) is 0 Å². The molecule has 0 amide bonds. The van der Waals surface area contributed by atoms with Crippen LogP contribution in [0.1, 0.15) is 20.9 Å². The molecule has 0 bridgehead atoms. The maximum atomic E-state index is 12.0. The average Bonchev–Trinajstić information content (AvgIpc) is 2.91. The molecule has 0 radical (unpaired) electrons. The van der Waals surface area contributed by atoms with Gasteiger partial charge in [-0.25, -0.2) is 0 Å². The SMILES string of the molecule is O=C(c1ccccc1)C(Br)C(=O)c1ccco1. The van der Waals surface area contributed by atoms with E-state index in [1.165, 1.54) is 12.3 Å². The molecule has 1 aromatic carbocycles. The molecule has 86 valence electrons. The summed E-state index contributed by atoms with van der Waals surface area (Å²) >= 11 is 3.11. The van der Waals surface area contributed by atoms with E-state index in [0.29, 0.717) is 5.56 Å². The Morgan fingerprint density at radius 2 is 1.71 bits per heavy atom. The summed E-state index contributed by atoms with van der Waals surface area (Å²) in [6.07, 6.45) is 1.40. The number of hydrogen-bond acceptors (Lipinski definition) is 3. The number of ketones is 2. The predicted molar refractivity (Wildman–Crippen MR) is 66.5 cm³/mol. The lowest BCUT2D eigenvalue weighted by atomic mass is 10.1. The Hall–Kier alpha value is -1.68. The van der Waals surface area contributed by atoms with Crippen LogP contribution in [0.3, 0.4) is 0 Å². The number of rotatable bonds is 4. The molecule has 2 rings (SSSR count). The van der Waals surface area contributed by atoms with E-state index >= 15 is 0 Å². The van der Waals surface area contributed by atoms with Gasteiger partial charge in [0, 0.05) is 5.56 Å². The van der Waals surface area contributed by atoms with Gasteiger partial charge in [0.1, 0.15) is 4.83 Å². The summed E-state index contributed by atoms with van der Waals surface area (Å²) in [5, 5.41) is 0. The molecule has 0 N–H and O–H groups in total. The highest BCUT2D eigenvalue weighted by atomic mass is 79.9. The van der Waals surface area contributed by atoms with Gasteiger partial charge < -0.3 is 4.42 Å². The van der Waals surface area contributed by atoms with Crippen LogP contribution in [0, 0.1) is 0 Å². The van der Waals surface area contributed by atoms with Crippen molar-refractivity contribution in [1.82, 2.24) is 0 Å². The molecule has 0 fully saturated rings. The summed E-state index contributed by atoms with van der Waals surface area (Å²) in [6.45, 7) is 0. The summed E-state index contributed by atoms with van der Waals surface area (Å²) in [7, 11) is 0. The number of halogens is 1. The summed E-state index contributed by atoms with van der Waals surface area (Å²) < 4.78 is 4.97. The molecule has 0 saturated heterocycles. The average molecular weight is 293 g/mol. The largest absolute Gasteiger partial charge is 0.461 e. The van der Waals surface area contributed by atoms with E-state index in [4.69, 9.17) is 4.42 Å². The monoisotopic (exact) mass is 292 g/mol. The Morgan fingerprint density at radius 3 is 2.29 bits per heavy atom. The van der Waals surface area contributed by atoms with E-state index in [2.05, 4.69) is 15.9 Å². The van der Waals surface area contributed by atoms with Crippen molar-refractivity contribution >= 4 is 27.5 Å². The molecule has 1 unspecified atom stereocenters. The first kappa shape index (κ1) is 11.8. The quantitative estimate of drug-likeness (QED) is 0.494. The molecule has 1 atom stereocenters. The highest BCUT2D eigenvalue weighted by Gasteiger charge is 2.27. The summed E-state index contributed by atoms with van der Waals surface area (Å²) in [5.41, 5.74) is 0.495. The van der Waals surface area contributed by atoms with Gasteiger partial charge in [0.25, 0.3) is 0 Å². The van der Waals surface area contributed by atoms with E-state index in [9.17, 15) is 9.59 Å². The van der Waals surface area contributed by atoms with Crippen molar-refractivity contribution in [3.8, 4) is 0 Å². The summed E-state index contributed by atoms with van der Waals surface area (Å²) in [4.78, 5) is 22.9. The first-order valence-corrected chi connectivity index (χ1v) is 5.93. The van der Waals surface area contributed by atoms with Crippen LogP contribution in [0.4, 0.5) is 0 Å². The van der Waals surface area contributed by atoms with Crippen LogP contribution >= 0.6 is 15.9 Å². The number of alkyl halides is 1. The van der Waals surface area contributed by atoms with E-state index in [-0.39, 0.29) is 17.3 Å². The van der Waals surface area contributed by atoms with E-state index in [0.717, 1.165) is 0 Å². The number of furan rings is 1. The molecular formula is C13H9BrO3. The lowest BCUT2D eigenvalue weighted by Crippen LogP contribution is -2.24. The van der Waals surface area contributed by atoms with Crippen molar-refractivity contribution < 1.29 is 14.0 Å². The van der Waals surface area contributed by atoms with Crippen molar-refractivity contribution in [2.75, 3.05) is 0 Å². The Bertz CT molecular complexity index is 517. The number of carbonyl (C=O) groups excluding carboxylic acids is 2. The van der Waals surface area contributed by atoms with Crippen molar-refractivity contribution in [3.63, 3.8) is 0 Å². The number of carbonyl (C=O) groups is 2. The normalized spacial score (nSPS) is 12.1. The minimum Gasteiger partial charge on any atom is -0.461 e. The van der Waals surface area contributed by atoms with Gasteiger partial charge in [-0.1, -0.05) is 46.3 Å². The van der Waals surface area contributed by atoms with Crippen LogP contribution in [0.15, 0.2) is 53.1 Å². The lowest BCUT2D eigenvalue weighted by Gasteiger charge is -2.05. The van der Waals surface area contributed by atoms with Crippen molar-refractivity contribution in [3.05, 3.63) is 60.1 Å². The molecule has 0 aliphatic carbocycles. The van der Waals surface area contributed by atoms with E-state index in [1.54, 1.807) is 30.3 Å². The first-order chi connectivity index (χ1) is 8.20. The minimum absolute atomic E-state index is 0.177. The van der Waals surface area contributed by atoms with Gasteiger partial charge in [-0.15, -0.1) is 0 Å². The summed E-state index contributed by atoms with van der Waals surface area (Å²) in [5.74, 6) is -0.466. The molecule has 0 spiro atoms. The zero-order valence-corrected chi connectivity index (χ0v) is 10.4. The van der Waals surface area contributed by atoms with Crippen molar-refractivity contribution in [2.45, 2.75) is 4.83 Å². The second kappa shape index (κ2) is 5.10. The first-order valence-electron chi connectivity index (χ1n) is 5.01. The third-order valence-electron chi connectivity index (χ3n) is 2.28. The van der Waals surface area contributed by atoms with Gasteiger partial charge in [-0.2, -0.15) is 0 Å². The number of hydrogen-bond donors (Lipinski definition) is 0. The van der Waals surface area contributed by atoms with Gasteiger partial charge in [-0.3, -0.25) is 9.59 Å². The van der Waals surface area contributed by atoms with Crippen LogP contribution < -0.4 is 0 Å². The highest BCUT2D eigenvalue weighted by Crippen LogP contribution is 2.16. The van der Waals surface area contributed by atoms with Gasteiger partial charge in [-0.05, 0) is 12.1 Å². The molecule has 4 heteroatoms. The molecule has 0 aliphatic rings. The maximum Gasteiger partial charge on any atom is 0.219 e. The third-order valence-corrected chi connectivity index (χ3v) is 3.11. The van der Waals surface area contributed by atoms with E-state index in [1.807, 2.05) is 6.07 Å². The molecule has 3 nitrogen and oxygen atoms in total. The number of Topliss-reactive ketones (excluding diaryl/α,β-unsaturated/α-hetero) is 2. The Morgan fingerprint density at radius 1 is 1.00 bits per heavy atom. The van der Waals surface area contributed by atoms with Gasteiger partial charge in [0.15, 0.2) is 11.5 Å². The van der Waals surface area contributed by atoms with Gasteiger partial charge >= 0.3 is 0 Å². The standard InChI is InChI=1S/C13H9BrO3/c14-11(13(16)10-7-4-8-17-10)12(15)9-5-2-1-3-6-9/h1-8,11H. The zero-order valence-electron chi connectivity index (χ0n) is 8.80. The van der Waals surface area contributed by atoms with Crippen LogP contribution in [0.5, 0.6) is 0 Å². The fourth-order valence-corrected chi connectivity index (χ4v) is 1.90. The fraction of sp³-hybridized carbons (Fsp3) is 0.0769. The van der Waals surface area contributed by atoms with Crippen LogP contribution in [0.25, 0.3) is 0 Å².